The highest BCUT2D eigenvalue weighted by atomic mass is 32.2. The van der Waals surface area contributed by atoms with E-state index in [0.717, 1.165) is 19.3 Å². The average molecular weight is 334 g/mol. The summed E-state index contributed by atoms with van der Waals surface area (Å²) in [5.41, 5.74) is -1.00. The minimum Gasteiger partial charge on any atom is -0.469 e. The van der Waals surface area contributed by atoms with Crippen molar-refractivity contribution < 1.29 is 22.7 Å². The predicted octanol–water partition coefficient (Wildman–Crippen LogP) is 0.554. The van der Waals surface area contributed by atoms with Gasteiger partial charge in [-0.05, 0) is 26.7 Å². The van der Waals surface area contributed by atoms with Crippen molar-refractivity contribution in [2.45, 2.75) is 52.0 Å². The van der Waals surface area contributed by atoms with Crippen LogP contribution >= 0.6 is 0 Å². The lowest BCUT2D eigenvalue weighted by atomic mass is 9.75. The van der Waals surface area contributed by atoms with E-state index in [1.165, 1.54) is 14.0 Å². The molecule has 0 aromatic heterocycles. The van der Waals surface area contributed by atoms with Crippen LogP contribution in [0.25, 0.3) is 0 Å². The molecule has 22 heavy (non-hydrogen) atoms. The molecule has 0 heterocycles. The lowest BCUT2D eigenvalue weighted by Crippen LogP contribution is -2.49. The van der Waals surface area contributed by atoms with Gasteiger partial charge in [0, 0.05) is 6.54 Å². The largest absolute Gasteiger partial charge is 0.469 e. The van der Waals surface area contributed by atoms with E-state index in [-0.39, 0.29) is 11.7 Å². The number of rotatable bonds is 7. The van der Waals surface area contributed by atoms with Gasteiger partial charge in [0.2, 0.25) is 15.9 Å². The third-order valence-electron chi connectivity index (χ3n) is 4.00. The highest BCUT2D eigenvalue weighted by Crippen LogP contribution is 2.38. The lowest BCUT2D eigenvalue weighted by molar-refractivity contribution is -0.153. The van der Waals surface area contributed by atoms with Gasteiger partial charge < -0.3 is 10.1 Å². The molecule has 1 aliphatic carbocycles. The second-order valence-corrected chi connectivity index (χ2v) is 7.58. The Balaban J connectivity index is 2.83. The summed E-state index contributed by atoms with van der Waals surface area (Å²) >= 11 is 0. The molecule has 7 nitrogen and oxygen atoms in total. The van der Waals surface area contributed by atoms with Crippen molar-refractivity contribution in [3.05, 3.63) is 0 Å². The lowest BCUT2D eigenvalue weighted by Gasteiger charge is -2.34. The number of hydrogen-bond donors (Lipinski definition) is 2. The molecule has 1 saturated carbocycles. The maximum Gasteiger partial charge on any atom is 0.312 e. The van der Waals surface area contributed by atoms with E-state index < -0.39 is 27.4 Å². The SMILES string of the molecule is CCNC(=O)[C@H](C)NS(=O)(=O)CC1(C(=O)OC)CCCCC1. The summed E-state index contributed by atoms with van der Waals surface area (Å²) in [5.74, 6) is -1.21. The fraction of sp³-hybridized carbons (Fsp3) is 0.857. The quantitative estimate of drug-likeness (QED) is 0.662. The molecule has 1 rings (SSSR count). The van der Waals surface area contributed by atoms with E-state index in [1.807, 2.05) is 0 Å². The van der Waals surface area contributed by atoms with Crippen molar-refractivity contribution in [1.82, 2.24) is 10.0 Å². The summed E-state index contributed by atoms with van der Waals surface area (Å²) in [5, 5.41) is 2.56. The molecule has 0 unspecified atom stereocenters. The van der Waals surface area contributed by atoms with Crippen LogP contribution in [0.2, 0.25) is 0 Å². The van der Waals surface area contributed by atoms with Crippen LogP contribution in [0.1, 0.15) is 46.0 Å². The molecule has 1 aliphatic rings. The van der Waals surface area contributed by atoms with E-state index >= 15 is 0 Å². The number of sulfonamides is 1. The number of methoxy groups -OCH3 is 1. The van der Waals surface area contributed by atoms with Gasteiger partial charge in [-0.1, -0.05) is 19.3 Å². The zero-order valence-electron chi connectivity index (χ0n) is 13.5. The van der Waals surface area contributed by atoms with Crippen molar-refractivity contribution in [2.24, 2.45) is 5.41 Å². The maximum atomic E-state index is 12.3. The minimum atomic E-state index is -3.77. The Bertz CT molecular complexity index is 497. The van der Waals surface area contributed by atoms with Gasteiger partial charge in [-0.15, -0.1) is 0 Å². The summed E-state index contributed by atoms with van der Waals surface area (Å²) in [6.45, 7) is 3.67. The summed E-state index contributed by atoms with van der Waals surface area (Å²) < 4.78 is 31.9. The van der Waals surface area contributed by atoms with Crippen molar-refractivity contribution in [2.75, 3.05) is 19.4 Å². The Morgan fingerprint density at radius 1 is 1.23 bits per heavy atom. The van der Waals surface area contributed by atoms with Gasteiger partial charge in [-0.3, -0.25) is 9.59 Å². The number of esters is 1. The molecule has 0 spiro atoms. The van der Waals surface area contributed by atoms with Gasteiger partial charge in [-0.2, -0.15) is 0 Å². The number of carbonyl (C=O) groups excluding carboxylic acids is 2. The smallest absolute Gasteiger partial charge is 0.312 e. The second kappa shape index (κ2) is 7.92. The van der Waals surface area contributed by atoms with E-state index in [4.69, 9.17) is 4.74 Å². The van der Waals surface area contributed by atoms with Gasteiger partial charge in [0.1, 0.15) is 0 Å². The molecule has 8 heteroatoms. The van der Waals surface area contributed by atoms with Crippen molar-refractivity contribution in [1.29, 1.82) is 0 Å². The number of likely N-dealkylation sites (N-methyl/N-ethyl adjacent to an activating group) is 1. The van der Waals surface area contributed by atoms with Crippen molar-refractivity contribution in [3.8, 4) is 0 Å². The normalized spacial score (nSPS) is 19.2. The first-order chi connectivity index (χ1) is 10.3. The molecular formula is C14H26N2O5S. The molecule has 0 bridgehead atoms. The zero-order valence-corrected chi connectivity index (χ0v) is 14.3. The number of amides is 1. The van der Waals surface area contributed by atoms with Gasteiger partial charge in [0.05, 0.1) is 24.3 Å². The van der Waals surface area contributed by atoms with Crippen LogP contribution in [0.15, 0.2) is 0 Å². The zero-order chi connectivity index (χ0) is 16.8. The Labute approximate surface area is 132 Å². The topological polar surface area (TPSA) is 102 Å². The first-order valence-electron chi connectivity index (χ1n) is 7.62. The highest BCUT2D eigenvalue weighted by molar-refractivity contribution is 7.89. The van der Waals surface area contributed by atoms with Crippen LogP contribution < -0.4 is 10.0 Å². The number of nitrogens with one attached hydrogen (secondary N) is 2. The Kier molecular flexibility index (Phi) is 6.80. The fourth-order valence-electron chi connectivity index (χ4n) is 2.91. The molecule has 0 aromatic carbocycles. The van der Waals surface area contributed by atoms with Crippen molar-refractivity contribution >= 4 is 21.9 Å². The fourth-order valence-corrected chi connectivity index (χ4v) is 4.77. The molecule has 0 saturated heterocycles. The standard InChI is InChI=1S/C14H26N2O5S/c1-4-15-12(17)11(2)16-22(19,20)10-14(13(18)21-3)8-6-5-7-9-14/h11,16H,4-10H2,1-3H3,(H,15,17)/t11-/m0/s1. The molecule has 0 radical (unpaired) electrons. The molecule has 128 valence electrons. The van der Waals surface area contributed by atoms with Crippen LogP contribution in [0.3, 0.4) is 0 Å². The molecular weight excluding hydrogens is 308 g/mol. The highest BCUT2D eigenvalue weighted by Gasteiger charge is 2.44. The molecule has 0 aliphatic heterocycles. The van der Waals surface area contributed by atoms with Crippen LogP contribution in [0, 0.1) is 5.41 Å². The summed E-state index contributed by atoms with van der Waals surface area (Å²) in [7, 11) is -2.50. The van der Waals surface area contributed by atoms with Crippen LogP contribution in [0.4, 0.5) is 0 Å². The van der Waals surface area contributed by atoms with E-state index in [9.17, 15) is 18.0 Å². The molecule has 0 aromatic rings. The van der Waals surface area contributed by atoms with Crippen LogP contribution in [-0.4, -0.2) is 45.7 Å². The second-order valence-electron chi connectivity index (χ2n) is 5.83. The van der Waals surface area contributed by atoms with Gasteiger partial charge in [0.15, 0.2) is 0 Å². The van der Waals surface area contributed by atoms with Gasteiger partial charge >= 0.3 is 5.97 Å². The molecule has 1 fully saturated rings. The van der Waals surface area contributed by atoms with E-state index in [0.29, 0.717) is 19.4 Å². The number of carbonyl (C=O) groups is 2. The molecule has 1 amide bonds. The minimum absolute atomic E-state index is 0.337. The predicted molar refractivity (Wildman–Crippen MR) is 82.6 cm³/mol. The monoisotopic (exact) mass is 334 g/mol. The van der Waals surface area contributed by atoms with Crippen LogP contribution in [-0.2, 0) is 24.3 Å². The summed E-state index contributed by atoms with van der Waals surface area (Å²) in [6, 6.07) is -0.872. The first kappa shape index (κ1) is 18.9. The van der Waals surface area contributed by atoms with Gasteiger partial charge in [-0.25, -0.2) is 13.1 Å². The van der Waals surface area contributed by atoms with E-state index in [2.05, 4.69) is 10.0 Å². The third kappa shape index (κ3) is 4.95. The molecule has 1 atom stereocenters. The summed E-state index contributed by atoms with van der Waals surface area (Å²) in [6.07, 6.45) is 3.58. The van der Waals surface area contributed by atoms with Gasteiger partial charge in [0.25, 0.3) is 0 Å². The Morgan fingerprint density at radius 2 is 1.82 bits per heavy atom. The Morgan fingerprint density at radius 3 is 2.32 bits per heavy atom. The van der Waals surface area contributed by atoms with E-state index in [1.54, 1.807) is 6.92 Å². The Hall–Kier alpha value is -1.15. The molecule has 2 N–H and O–H groups in total. The number of ether oxygens (including phenoxy) is 1. The van der Waals surface area contributed by atoms with Crippen LogP contribution in [0.5, 0.6) is 0 Å². The summed E-state index contributed by atoms with van der Waals surface area (Å²) in [4.78, 5) is 23.7. The first-order valence-corrected chi connectivity index (χ1v) is 9.28. The maximum absolute atomic E-state index is 12.3. The third-order valence-corrected chi connectivity index (χ3v) is 5.64. The average Bonchev–Trinajstić information content (AvgIpc) is 2.46. The number of hydrogen-bond acceptors (Lipinski definition) is 5. The van der Waals surface area contributed by atoms with Crippen molar-refractivity contribution in [3.63, 3.8) is 0 Å².